The van der Waals surface area contributed by atoms with E-state index in [1.807, 2.05) is 0 Å². The van der Waals surface area contributed by atoms with Crippen molar-refractivity contribution in [3.8, 4) is 0 Å². The van der Waals surface area contributed by atoms with Gasteiger partial charge in [0.2, 0.25) is 0 Å². The topological polar surface area (TPSA) is 0 Å². The van der Waals surface area contributed by atoms with Crippen LogP contribution in [0.3, 0.4) is 0 Å². The third-order valence-electron chi connectivity index (χ3n) is 2.81. The Hall–Kier alpha value is -2.08. The highest BCUT2D eigenvalue weighted by atomic mass is 14.0. The first-order chi connectivity index (χ1) is 7.90. The maximum atomic E-state index is 2.14. The van der Waals surface area contributed by atoms with Crippen LogP contribution in [0, 0.1) is 0 Å². The second-order valence-electron chi connectivity index (χ2n) is 4.00. The van der Waals surface area contributed by atoms with Crippen LogP contribution in [0.15, 0.2) is 48.5 Å². The van der Waals surface area contributed by atoms with Crippen molar-refractivity contribution >= 4 is 24.3 Å². The van der Waals surface area contributed by atoms with E-state index in [-0.39, 0.29) is 0 Å². The summed E-state index contributed by atoms with van der Waals surface area (Å²) in [5, 5.41) is 0. The van der Waals surface area contributed by atoms with Crippen molar-refractivity contribution in [1.82, 2.24) is 0 Å². The molecule has 0 heteroatoms. The van der Waals surface area contributed by atoms with Gasteiger partial charge in [-0.05, 0) is 22.3 Å². The zero-order valence-electron chi connectivity index (χ0n) is 8.93. The van der Waals surface area contributed by atoms with Gasteiger partial charge in [0, 0.05) is 0 Å². The Balaban J connectivity index is 2.18. The lowest BCUT2D eigenvalue weighted by molar-refractivity contribution is 1.59. The third kappa shape index (κ3) is 1.82. The first-order valence-corrected chi connectivity index (χ1v) is 5.46. The molecule has 0 spiro atoms. The highest BCUT2D eigenvalue weighted by molar-refractivity contribution is 5.75. The summed E-state index contributed by atoms with van der Waals surface area (Å²) in [6.07, 6.45) is 8.57. The highest BCUT2D eigenvalue weighted by Crippen LogP contribution is 2.15. The van der Waals surface area contributed by atoms with Crippen molar-refractivity contribution < 1.29 is 0 Å². The normalized spacial score (nSPS) is 16.5. The number of rotatable bonds is 0. The molecule has 0 heterocycles. The second-order valence-corrected chi connectivity index (χ2v) is 4.00. The maximum Gasteiger partial charge on any atom is -0.0256 e. The van der Waals surface area contributed by atoms with E-state index in [0.29, 0.717) is 0 Å². The van der Waals surface area contributed by atoms with Crippen LogP contribution in [0.2, 0.25) is 0 Å². The zero-order chi connectivity index (χ0) is 10.8. The standard InChI is InChI=1S/C16H12/c1-2-14-4-3-13(1)9-10-15-5-7-16(8-6-15)12-11-14/h1-12H/b10-9+,12-11+,13-9?,14-11?,15-10?,16-12?. The lowest BCUT2D eigenvalue weighted by Gasteiger charge is -2.00. The molecule has 0 N–H and O–H groups in total. The van der Waals surface area contributed by atoms with Crippen molar-refractivity contribution in [1.29, 1.82) is 0 Å². The molecule has 0 atom stereocenters. The lowest BCUT2D eigenvalue weighted by atomic mass is 10.1. The van der Waals surface area contributed by atoms with Gasteiger partial charge >= 0.3 is 0 Å². The van der Waals surface area contributed by atoms with E-state index in [9.17, 15) is 0 Å². The average Bonchev–Trinajstić information content (AvgIpc) is 2.33. The summed E-state index contributed by atoms with van der Waals surface area (Å²) in [5.74, 6) is 0. The SMILES string of the molecule is C1=C/c2ccc(cc2)/C=C/c2ccc/1cc2. The van der Waals surface area contributed by atoms with Crippen LogP contribution >= 0.6 is 0 Å². The second kappa shape index (κ2) is 3.82. The molecule has 0 unspecified atom stereocenters. The Morgan fingerprint density at radius 1 is 0.312 bits per heavy atom. The summed E-state index contributed by atoms with van der Waals surface area (Å²) in [6, 6.07) is 17.1. The van der Waals surface area contributed by atoms with Crippen LogP contribution in [0.4, 0.5) is 0 Å². The van der Waals surface area contributed by atoms with Gasteiger partial charge in [-0.1, -0.05) is 72.8 Å². The molecule has 0 radical (unpaired) electrons. The Bertz CT molecular complexity index is 436. The molecule has 0 saturated heterocycles. The smallest absolute Gasteiger partial charge is 0.0256 e. The largest absolute Gasteiger partial charge is 0.0544 e. The van der Waals surface area contributed by atoms with Gasteiger partial charge in [-0.15, -0.1) is 0 Å². The zero-order valence-corrected chi connectivity index (χ0v) is 8.93. The molecule has 0 fully saturated rings. The summed E-state index contributed by atoms with van der Waals surface area (Å²) in [6.45, 7) is 0. The Morgan fingerprint density at radius 3 is 0.688 bits per heavy atom. The van der Waals surface area contributed by atoms with Crippen LogP contribution in [-0.4, -0.2) is 0 Å². The minimum absolute atomic E-state index is 1.24. The molecule has 0 aromatic heterocycles. The molecule has 0 saturated carbocycles. The number of hydrogen-bond donors (Lipinski definition) is 0. The van der Waals surface area contributed by atoms with Gasteiger partial charge in [0.15, 0.2) is 0 Å². The average molecular weight is 204 g/mol. The van der Waals surface area contributed by atoms with Crippen molar-refractivity contribution in [2.24, 2.45) is 0 Å². The van der Waals surface area contributed by atoms with Crippen molar-refractivity contribution in [2.75, 3.05) is 0 Å². The molecular formula is C16H12. The van der Waals surface area contributed by atoms with Gasteiger partial charge in [0.1, 0.15) is 0 Å². The molecule has 0 aliphatic heterocycles. The molecule has 2 aromatic rings. The van der Waals surface area contributed by atoms with Crippen LogP contribution < -0.4 is 0 Å². The monoisotopic (exact) mass is 204 g/mol. The predicted octanol–water partition coefficient (Wildman–Crippen LogP) is 4.34. The van der Waals surface area contributed by atoms with Gasteiger partial charge in [-0.25, -0.2) is 0 Å². The van der Waals surface area contributed by atoms with Crippen LogP contribution in [0.1, 0.15) is 22.3 Å². The first-order valence-electron chi connectivity index (χ1n) is 5.46. The van der Waals surface area contributed by atoms with Gasteiger partial charge in [0.05, 0.1) is 0 Å². The lowest BCUT2D eigenvalue weighted by Crippen LogP contribution is -1.79. The van der Waals surface area contributed by atoms with E-state index < -0.39 is 0 Å². The summed E-state index contributed by atoms with van der Waals surface area (Å²) in [4.78, 5) is 0. The Kier molecular flexibility index (Phi) is 2.19. The van der Waals surface area contributed by atoms with E-state index in [1.54, 1.807) is 0 Å². The summed E-state index contributed by atoms with van der Waals surface area (Å²) >= 11 is 0. The fourth-order valence-corrected chi connectivity index (χ4v) is 1.82. The van der Waals surface area contributed by atoms with Crippen molar-refractivity contribution in [2.45, 2.75) is 0 Å². The molecular weight excluding hydrogens is 192 g/mol. The van der Waals surface area contributed by atoms with Gasteiger partial charge in [-0.2, -0.15) is 0 Å². The third-order valence-corrected chi connectivity index (χ3v) is 2.81. The van der Waals surface area contributed by atoms with Gasteiger partial charge in [0.25, 0.3) is 0 Å². The van der Waals surface area contributed by atoms with Crippen LogP contribution in [0.25, 0.3) is 24.3 Å². The van der Waals surface area contributed by atoms with Gasteiger partial charge < -0.3 is 0 Å². The summed E-state index contributed by atoms with van der Waals surface area (Å²) < 4.78 is 0. The van der Waals surface area contributed by atoms with E-state index >= 15 is 0 Å². The molecule has 2 aromatic carbocycles. The van der Waals surface area contributed by atoms with Crippen LogP contribution in [-0.2, 0) is 0 Å². The molecule has 76 valence electrons. The van der Waals surface area contributed by atoms with E-state index in [2.05, 4.69) is 72.8 Å². The van der Waals surface area contributed by atoms with E-state index in [0.717, 1.165) is 0 Å². The molecule has 4 bridgehead atoms. The van der Waals surface area contributed by atoms with Crippen molar-refractivity contribution in [3.05, 3.63) is 70.8 Å². The van der Waals surface area contributed by atoms with E-state index in [1.165, 1.54) is 22.3 Å². The maximum absolute atomic E-state index is 2.14. The molecule has 0 nitrogen and oxygen atoms in total. The Labute approximate surface area is 95.6 Å². The fraction of sp³-hybridized carbons (Fsp3) is 0. The quantitative estimate of drug-likeness (QED) is 0.511. The molecule has 4 aliphatic carbocycles. The van der Waals surface area contributed by atoms with E-state index in [4.69, 9.17) is 0 Å². The first kappa shape index (κ1) is 9.17. The number of hydrogen-bond acceptors (Lipinski definition) is 0. The fourth-order valence-electron chi connectivity index (χ4n) is 1.82. The van der Waals surface area contributed by atoms with Crippen molar-refractivity contribution in [3.63, 3.8) is 0 Å². The minimum Gasteiger partial charge on any atom is -0.0544 e. The summed E-state index contributed by atoms with van der Waals surface area (Å²) in [5.41, 5.74) is 4.95. The Morgan fingerprint density at radius 2 is 0.500 bits per heavy atom. The molecule has 4 aliphatic rings. The van der Waals surface area contributed by atoms with Gasteiger partial charge in [-0.3, -0.25) is 0 Å². The highest BCUT2D eigenvalue weighted by Gasteiger charge is 1.93. The molecule has 0 amide bonds. The summed E-state index contributed by atoms with van der Waals surface area (Å²) in [7, 11) is 0. The predicted molar refractivity (Wildman–Crippen MR) is 70.7 cm³/mol. The minimum atomic E-state index is 1.24. The van der Waals surface area contributed by atoms with Crippen LogP contribution in [0.5, 0.6) is 0 Å². The molecule has 16 heavy (non-hydrogen) atoms. The molecule has 6 rings (SSSR count). The number of benzene rings is 2.